The number of carbonyl (C=O) groups is 1. The Morgan fingerprint density at radius 1 is 1.35 bits per heavy atom. The maximum Gasteiger partial charge on any atom is 0.242 e. The van der Waals surface area contributed by atoms with Gasteiger partial charge in [-0.3, -0.25) is 4.79 Å². The zero-order chi connectivity index (χ0) is 12.7. The van der Waals surface area contributed by atoms with Gasteiger partial charge in [-0.15, -0.1) is 11.6 Å². The molecule has 0 aliphatic rings. The van der Waals surface area contributed by atoms with Gasteiger partial charge in [0.25, 0.3) is 0 Å². The number of methoxy groups -OCH3 is 2. The van der Waals surface area contributed by atoms with E-state index in [0.717, 1.165) is 11.3 Å². The maximum atomic E-state index is 11.6. The number of halogens is 1. The minimum atomic E-state index is -0.697. The Labute approximate surface area is 106 Å². The summed E-state index contributed by atoms with van der Waals surface area (Å²) in [5.41, 5.74) is 0.738. The van der Waals surface area contributed by atoms with Crippen molar-refractivity contribution >= 4 is 17.5 Å². The molecule has 5 heteroatoms. The van der Waals surface area contributed by atoms with E-state index in [1.165, 1.54) is 0 Å². The first kappa shape index (κ1) is 13.8. The van der Waals surface area contributed by atoms with Gasteiger partial charge in [0.15, 0.2) is 0 Å². The lowest BCUT2D eigenvalue weighted by molar-refractivity contribution is -0.121. The highest BCUT2D eigenvalue weighted by atomic mass is 35.5. The topological polar surface area (TPSA) is 47.6 Å². The molecule has 1 atom stereocenters. The van der Waals surface area contributed by atoms with Gasteiger partial charge in [0.1, 0.15) is 11.1 Å². The van der Waals surface area contributed by atoms with Crippen LogP contribution in [0.15, 0.2) is 24.3 Å². The molecule has 0 fully saturated rings. The molecule has 94 valence electrons. The van der Waals surface area contributed by atoms with E-state index in [9.17, 15) is 4.79 Å². The molecular weight excluding hydrogens is 242 g/mol. The van der Waals surface area contributed by atoms with Crippen LogP contribution < -0.4 is 10.1 Å². The number of ether oxygens (including phenoxy) is 2. The highest BCUT2D eigenvalue weighted by Gasteiger charge is 2.16. The Morgan fingerprint density at radius 2 is 2.00 bits per heavy atom. The average molecular weight is 258 g/mol. The molecule has 1 N–H and O–H groups in total. The summed E-state index contributed by atoms with van der Waals surface area (Å²) >= 11 is 6.04. The first-order chi connectivity index (χ1) is 8.19. The third kappa shape index (κ3) is 4.24. The van der Waals surface area contributed by atoms with Gasteiger partial charge < -0.3 is 14.8 Å². The van der Waals surface area contributed by atoms with Crippen molar-refractivity contribution in [2.75, 3.05) is 27.4 Å². The molecule has 0 aliphatic heterocycles. The fourth-order valence-electron chi connectivity index (χ4n) is 1.29. The normalized spacial score (nSPS) is 11.9. The summed E-state index contributed by atoms with van der Waals surface area (Å²) in [6.07, 6.45) is 0. The SMILES string of the molecule is COCCNC(=O)C(Cl)c1ccc(OC)cc1. The van der Waals surface area contributed by atoms with Crippen LogP contribution in [0, 0.1) is 0 Å². The van der Waals surface area contributed by atoms with E-state index in [1.54, 1.807) is 38.5 Å². The van der Waals surface area contributed by atoms with E-state index < -0.39 is 5.38 Å². The lowest BCUT2D eigenvalue weighted by Crippen LogP contribution is -2.29. The van der Waals surface area contributed by atoms with Gasteiger partial charge in [-0.1, -0.05) is 12.1 Å². The third-order valence-electron chi connectivity index (χ3n) is 2.24. The minimum Gasteiger partial charge on any atom is -0.497 e. The van der Waals surface area contributed by atoms with Gasteiger partial charge in [-0.2, -0.15) is 0 Å². The second-order valence-corrected chi connectivity index (χ2v) is 3.86. The van der Waals surface area contributed by atoms with Crippen LogP contribution in [-0.2, 0) is 9.53 Å². The Bertz CT molecular complexity index is 353. The summed E-state index contributed by atoms with van der Waals surface area (Å²) in [6, 6.07) is 7.08. The maximum absolute atomic E-state index is 11.6. The van der Waals surface area contributed by atoms with Crippen molar-refractivity contribution in [2.45, 2.75) is 5.38 Å². The minimum absolute atomic E-state index is 0.228. The molecular formula is C12H16ClNO3. The number of alkyl halides is 1. The predicted molar refractivity (Wildman–Crippen MR) is 66.5 cm³/mol. The summed E-state index contributed by atoms with van der Waals surface area (Å²) in [7, 11) is 3.17. The zero-order valence-corrected chi connectivity index (χ0v) is 10.7. The smallest absolute Gasteiger partial charge is 0.242 e. The summed E-state index contributed by atoms with van der Waals surface area (Å²) in [4.78, 5) is 11.6. The molecule has 0 spiro atoms. The fourth-order valence-corrected chi connectivity index (χ4v) is 1.51. The molecule has 0 heterocycles. The molecule has 0 aliphatic carbocycles. The fraction of sp³-hybridized carbons (Fsp3) is 0.417. The molecule has 0 bridgehead atoms. The van der Waals surface area contributed by atoms with E-state index in [1.807, 2.05) is 0 Å². The number of rotatable bonds is 6. The first-order valence-electron chi connectivity index (χ1n) is 5.23. The third-order valence-corrected chi connectivity index (χ3v) is 2.69. The highest BCUT2D eigenvalue weighted by molar-refractivity contribution is 6.30. The van der Waals surface area contributed by atoms with E-state index in [0.29, 0.717) is 13.2 Å². The standard InChI is InChI=1S/C12H16ClNO3/c1-16-8-7-14-12(15)11(13)9-3-5-10(17-2)6-4-9/h3-6,11H,7-8H2,1-2H3,(H,14,15). The summed E-state index contributed by atoms with van der Waals surface area (Å²) in [5.74, 6) is 0.506. The van der Waals surface area contributed by atoms with Crippen LogP contribution in [0.1, 0.15) is 10.9 Å². The second-order valence-electron chi connectivity index (χ2n) is 3.42. The molecule has 1 unspecified atom stereocenters. The molecule has 0 radical (unpaired) electrons. The lowest BCUT2D eigenvalue weighted by Gasteiger charge is -2.11. The van der Waals surface area contributed by atoms with Crippen LogP contribution in [0.2, 0.25) is 0 Å². The second kappa shape index (κ2) is 7.14. The molecule has 1 rings (SSSR count). The van der Waals surface area contributed by atoms with Crippen molar-refractivity contribution in [2.24, 2.45) is 0 Å². The van der Waals surface area contributed by atoms with Crippen molar-refractivity contribution in [1.29, 1.82) is 0 Å². The van der Waals surface area contributed by atoms with Gasteiger partial charge in [0.2, 0.25) is 5.91 Å². The van der Waals surface area contributed by atoms with Crippen molar-refractivity contribution in [1.82, 2.24) is 5.32 Å². The zero-order valence-electron chi connectivity index (χ0n) is 9.90. The molecule has 17 heavy (non-hydrogen) atoms. The quantitative estimate of drug-likeness (QED) is 0.624. The largest absolute Gasteiger partial charge is 0.497 e. The van der Waals surface area contributed by atoms with Crippen molar-refractivity contribution < 1.29 is 14.3 Å². The van der Waals surface area contributed by atoms with Gasteiger partial charge in [0, 0.05) is 13.7 Å². The van der Waals surface area contributed by atoms with Crippen LogP contribution in [-0.4, -0.2) is 33.3 Å². The van der Waals surface area contributed by atoms with Crippen molar-refractivity contribution in [3.8, 4) is 5.75 Å². The van der Waals surface area contributed by atoms with Crippen LogP contribution >= 0.6 is 11.6 Å². The Kier molecular flexibility index (Phi) is 5.80. The van der Waals surface area contributed by atoms with Gasteiger partial charge in [-0.05, 0) is 17.7 Å². The van der Waals surface area contributed by atoms with Gasteiger partial charge in [0.05, 0.1) is 13.7 Å². The van der Waals surface area contributed by atoms with Crippen molar-refractivity contribution in [3.05, 3.63) is 29.8 Å². The van der Waals surface area contributed by atoms with Crippen molar-refractivity contribution in [3.63, 3.8) is 0 Å². The number of nitrogens with one attached hydrogen (secondary N) is 1. The van der Waals surface area contributed by atoms with Gasteiger partial charge in [-0.25, -0.2) is 0 Å². The van der Waals surface area contributed by atoms with Crippen LogP contribution in [0.25, 0.3) is 0 Å². The molecule has 1 aromatic carbocycles. The number of hydrogen-bond acceptors (Lipinski definition) is 3. The number of hydrogen-bond donors (Lipinski definition) is 1. The summed E-state index contributed by atoms with van der Waals surface area (Å²) in [5, 5.41) is 1.99. The molecule has 0 saturated heterocycles. The number of amides is 1. The van der Waals surface area contributed by atoms with Crippen LogP contribution in [0.5, 0.6) is 5.75 Å². The monoisotopic (exact) mass is 257 g/mol. The molecule has 4 nitrogen and oxygen atoms in total. The average Bonchev–Trinajstić information content (AvgIpc) is 2.38. The summed E-state index contributed by atoms with van der Waals surface area (Å²) < 4.78 is 9.86. The Balaban J connectivity index is 2.55. The molecule has 1 amide bonds. The van der Waals surface area contributed by atoms with Crippen LogP contribution in [0.3, 0.4) is 0 Å². The van der Waals surface area contributed by atoms with Crippen LogP contribution in [0.4, 0.5) is 0 Å². The van der Waals surface area contributed by atoms with E-state index >= 15 is 0 Å². The summed E-state index contributed by atoms with van der Waals surface area (Å²) in [6.45, 7) is 0.923. The highest BCUT2D eigenvalue weighted by Crippen LogP contribution is 2.22. The number of benzene rings is 1. The Hall–Kier alpha value is -1.26. The predicted octanol–water partition coefficient (Wildman–Crippen LogP) is 1.74. The number of carbonyl (C=O) groups excluding carboxylic acids is 1. The Morgan fingerprint density at radius 3 is 2.53 bits per heavy atom. The molecule has 1 aromatic rings. The van der Waals surface area contributed by atoms with E-state index in [-0.39, 0.29) is 5.91 Å². The van der Waals surface area contributed by atoms with E-state index in [2.05, 4.69) is 5.32 Å². The van der Waals surface area contributed by atoms with Gasteiger partial charge >= 0.3 is 0 Å². The molecule has 0 aromatic heterocycles. The molecule has 0 saturated carbocycles. The van der Waals surface area contributed by atoms with E-state index in [4.69, 9.17) is 21.1 Å². The first-order valence-corrected chi connectivity index (χ1v) is 5.67. The lowest BCUT2D eigenvalue weighted by atomic mass is 10.1.